The number of nitrogens with one attached hydrogen (secondary N) is 2. The van der Waals surface area contributed by atoms with Gasteiger partial charge in [0, 0.05) is 6.04 Å². The molecule has 13 heavy (non-hydrogen) atoms. The maximum atomic E-state index is 3.87. The van der Waals surface area contributed by atoms with Crippen molar-refractivity contribution < 1.29 is 0 Å². The molecule has 1 heterocycles. The van der Waals surface area contributed by atoms with Crippen molar-refractivity contribution in [1.29, 1.82) is 0 Å². The molecule has 1 aromatic heterocycles. The minimum absolute atomic E-state index is 0.561. The number of hydrogen-bond donors (Lipinski definition) is 2. The summed E-state index contributed by atoms with van der Waals surface area (Å²) in [6.45, 7) is 2.92. The molecule has 0 aromatic carbocycles. The Kier molecular flexibility index (Phi) is 2.54. The molecule has 0 radical (unpaired) electrons. The van der Waals surface area contributed by atoms with Crippen LogP contribution in [0.25, 0.3) is 0 Å². The summed E-state index contributed by atoms with van der Waals surface area (Å²) in [7, 11) is 0. The highest BCUT2D eigenvalue weighted by Gasteiger charge is 2.23. The van der Waals surface area contributed by atoms with Crippen LogP contribution in [-0.2, 0) is 6.54 Å². The topological polar surface area (TPSA) is 66.5 Å². The van der Waals surface area contributed by atoms with Crippen molar-refractivity contribution in [3.8, 4) is 0 Å². The predicted molar refractivity (Wildman–Crippen MR) is 47.8 cm³/mol. The SMILES string of the molecule is CC(CC1CC1)NCc1nn[nH]n1. The lowest BCUT2D eigenvalue weighted by Gasteiger charge is -2.10. The summed E-state index contributed by atoms with van der Waals surface area (Å²) in [6, 6.07) is 0.561. The van der Waals surface area contributed by atoms with Gasteiger partial charge in [-0.15, -0.1) is 10.2 Å². The minimum Gasteiger partial charge on any atom is -0.307 e. The Balaban J connectivity index is 1.66. The summed E-state index contributed by atoms with van der Waals surface area (Å²) in [5.74, 6) is 1.70. The fourth-order valence-electron chi connectivity index (χ4n) is 1.46. The van der Waals surface area contributed by atoms with Crippen molar-refractivity contribution in [2.75, 3.05) is 0 Å². The number of nitrogens with zero attached hydrogens (tertiary/aromatic N) is 3. The van der Waals surface area contributed by atoms with Crippen LogP contribution in [0.3, 0.4) is 0 Å². The molecule has 1 saturated carbocycles. The molecule has 2 N–H and O–H groups in total. The molecule has 0 saturated heterocycles. The summed E-state index contributed by atoms with van der Waals surface area (Å²) < 4.78 is 0. The van der Waals surface area contributed by atoms with E-state index in [1.165, 1.54) is 19.3 Å². The van der Waals surface area contributed by atoms with Crippen LogP contribution in [0.4, 0.5) is 0 Å². The highest BCUT2D eigenvalue weighted by molar-refractivity contribution is 4.80. The van der Waals surface area contributed by atoms with Crippen LogP contribution in [-0.4, -0.2) is 26.7 Å². The Bertz CT molecular complexity index is 241. The molecule has 0 aliphatic heterocycles. The molecule has 5 heteroatoms. The molecule has 0 spiro atoms. The first-order valence-electron chi connectivity index (χ1n) is 4.80. The van der Waals surface area contributed by atoms with Gasteiger partial charge in [0.1, 0.15) is 0 Å². The van der Waals surface area contributed by atoms with Gasteiger partial charge in [-0.3, -0.25) is 0 Å². The predicted octanol–water partition coefficient (Wildman–Crippen LogP) is 0.478. The van der Waals surface area contributed by atoms with Gasteiger partial charge in [0.2, 0.25) is 0 Å². The number of H-pyrrole nitrogens is 1. The van der Waals surface area contributed by atoms with Gasteiger partial charge in [-0.2, -0.15) is 5.21 Å². The first-order valence-corrected chi connectivity index (χ1v) is 4.80. The fraction of sp³-hybridized carbons (Fsp3) is 0.875. The van der Waals surface area contributed by atoms with Gasteiger partial charge >= 0.3 is 0 Å². The van der Waals surface area contributed by atoms with Crippen molar-refractivity contribution in [3.05, 3.63) is 5.82 Å². The standard InChI is InChI=1S/C8H15N5/c1-6(4-7-2-3-7)9-5-8-10-12-13-11-8/h6-7,9H,2-5H2,1H3,(H,10,11,12,13). The number of rotatable bonds is 5. The van der Waals surface area contributed by atoms with Crippen molar-refractivity contribution in [1.82, 2.24) is 25.9 Å². The van der Waals surface area contributed by atoms with E-state index in [0.717, 1.165) is 11.7 Å². The zero-order valence-corrected chi connectivity index (χ0v) is 7.82. The van der Waals surface area contributed by atoms with E-state index in [9.17, 15) is 0 Å². The van der Waals surface area contributed by atoms with Crippen LogP contribution in [0, 0.1) is 5.92 Å². The van der Waals surface area contributed by atoms with Gasteiger partial charge in [-0.05, 0) is 19.3 Å². The van der Waals surface area contributed by atoms with Gasteiger partial charge in [-0.1, -0.05) is 18.1 Å². The Hall–Kier alpha value is -0.970. The highest BCUT2D eigenvalue weighted by Crippen LogP contribution is 2.33. The van der Waals surface area contributed by atoms with E-state index >= 15 is 0 Å². The normalized spacial score (nSPS) is 18.8. The molecule has 0 amide bonds. The van der Waals surface area contributed by atoms with Crippen LogP contribution >= 0.6 is 0 Å². The van der Waals surface area contributed by atoms with Gasteiger partial charge in [-0.25, -0.2) is 0 Å². The zero-order chi connectivity index (χ0) is 9.10. The molecular weight excluding hydrogens is 166 g/mol. The van der Waals surface area contributed by atoms with Gasteiger partial charge in [0.25, 0.3) is 0 Å². The number of hydrogen-bond acceptors (Lipinski definition) is 4. The lowest BCUT2D eigenvalue weighted by atomic mass is 10.1. The highest BCUT2D eigenvalue weighted by atomic mass is 15.5. The average molecular weight is 181 g/mol. The van der Waals surface area contributed by atoms with Crippen molar-refractivity contribution in [2.24, 2.45) is 5.92 Å². The molecule has 1 fully saturated rings. The molecular formula is C8H15N5. The molecule has 1 atom stereocenters. The monoisotopic (exact) mass is 181 g/mol. The maximum Gasteiger partial charge on any atom is 0.188 e. The van der Waals surface area contributed by atoms with Crippen molar-refractivity contribution >= 4 is 0 Å². The van der Waals surface area contributed by atoms with Crippen LogP contribution in [0.5, 0.6) is 0 Å². The third-order valence-corrected chi connectivity index (χ3v) is 2.38. The van der Waals surface area contributed by atoms with Crippen LogP contribution in [0.1, 0.15) is 32.0 Å². The third kappa shape index (κ3) is 2.77. The van der Waals surface area contributed by atoms with E-state index in [4.69, 9.17) is 0 Å². The van der Waals surface area contributed by atoms with E-state index in [1.807, 2.05) is 0 Å². The summed E-state index contributed by atoms with van der Waals surface area (Å²) >= 11 is 0. The minimum atomic E-state index is 0.561. The summed E-state index contributed by atoms with van der Waals surface area (Å²) in [4.78, 5) is 0. The Morgan fingerprint density at radius 2 is 2.46 bits per heavy atom. The van der Waals surface area contributed by atoms with E-state index in [1.54, 1.807) is 0 Å². The second kappa shape index (κ2) is 3.83. The van der Waals surface area contributed by atoms with Gasteiger partial charge in [0.05, 0.1) is 6.54 Å². The second-order valence-electron chi connectivity index (χ2n) is 3.79. The number of aromatic amines is 1. The van der Waals surface area contributed by atoms with Crippen LogP contribution in [0.2, 0.25) is 0 Å². The van der Waals surface area contributed by atoms with E-state index < -0.39 is 0 Å². The molecule has 72 valence electrons. The summed E-state index contributed by atoms with van der Waals surface area (Å²) in [5, 5.41) is 17.1. The first kappa shape index (κ1) is 8.62. The van der Waals surface area contributed by atoms with Crippen LogP contribution in [0.15, 0.2) is 0 Å². The van der Waals surface area contributed by atoms with E-state index in [2.05, 4.69) is 32.9 Å². The van der Waals surface area contributed by atoms with Gasteiger partial charge < -0.3 is 5.32 Å². The Morgan fingerprint density at radius 3 is 3.08 bits per heavy atom. The number of aromatic nitrogens is 4. The smallest absolute Gasteiger partial charge is 0.188 e. The third-order valence-electron chi connectivity index (χ3n) is 2.38. The lowest BCUT2D eigenvalue weighted by molar-refractivity contribution is 0.480. The summed E-state index contributed by atoms with van der Waals surface area (Å²) in [6.07, 6.45) is 4.10. The van der Waals surface area contributed by atoms with Gasteiger partial charge in [0.15, 0.2) is 5.82 Å². The Labute approximate surface area is 77.3 Å². The fourth-order valence-corrected chi connectivity index (χ4v) is 1.46. The lowest BCUT2D eigenvalue weighted by Crippen LogP contribution is -2.26. The molecule has 1 unspecified atom stereocenters. The second-order valence-corrected chi connectivity index (χ2v) is 3.79. The molecule has 2 rings (SSSR count). The molecule has 0 bridgehead atoms. The van der Waals surface area contributed by atoms with Crippen molar-refractivity contribution in [2.45, 2.75) is 38.8 Å². The molecule has 1 aromatic rings. The van der Waals surface area contributed by atoms with E-state index in [0.29, 0.717) is 12.6 Å². The maximum absolute atomic E-state index is 3.87. The molecule has 5 nitrogen and oxygen atoms in total. The van der Waals surface area contributed by atoms with E-state index in [-0.39, 0.29) is 0 Å². The zero-order valence-electron chi connectivity index (χ0n) is 7.82. The van der Waals surface area contributed by atoms with Crippen molar-refractivity contribution in [3.63, 3.8) is 0 Å². The summed E-state index contributed by atoms with van der Waals surface area (Å²) in [5.41, 5.74) is 0. The first-order chi connectivity index (χ1) is 6.34. The Morgan fingerprint density at radius 1 is 1.62 bits per heavy atom. The molecule has 1 aliphatic rings. The average Bonchev–Trinajstić information content (AvgIpc) is 2.78. The van der Waals surface area contributed by atoms with Crippen LogP contribution < -0.4 is 5.32 Å². The molecule has 1 aliphatic carbocycles. The number of tetrazole rings is 1. The quantitative estimate of drug-likeness (QED) is 0.693. The largest absolute Gasteiger partial charge is 0.307 e.